The van der Waals surface area contributed by atoms with Crippen molar-refractivity contribution in [3.63, 3.8) is 0 Å². The first kappa shape index (κ1) is 13.0. The Labute approximate surface area is 110 Å². The minimum Gasteiger partial charge on any atom is -0.399 e. The molecule has 98 valence electrons. The topological polar surface area (TPSA) is 68.0 Å². The van der Waals surface area contributed by atoms with Gasteiger partial charge in [0.2, 0.25) is 0 Å². The third-order valence-corrected chi connectivity index (χ3v) is 2.79. The number of carbonyl (C=O) groups excluding carboxylic acids is 1. The van der Waals surface area contributed by atoms with Crippen molar-refractivity contribution in [3.05, 3.63) is 53.1 Å². The maximum atomic E-state index is 13.9. The molecule has 0 spiro atoms. The smallest absolute Gasteiger partial charge is 0.258 e. The van der Waals surface area contributed by atoms with Crippen molar-refractivity contribution < 1.29 is 9.18 Å². The molecule has 19 heavy (non-hydrogen) atoms. The predicted molar refractivity (Wildman–Crippen MR) is 72.5 cm³/mol. The van der Waals surface area contributed by atoms with Gasteiger partial charge in [0.05, 0.1) is 5.56 Å². The molecular weight excluding hydrogens is 245 g/mol. The fraction of sp³-hybridized carbons (Fsp3) is 0.143. The van der Waals surface area contributed by atoms with Gasteiger partial charge in [-0.2, -0.15) is 0 Å². The number of benzene rings is 1. The molecule has 1 heterocycles. The zero-order valence-corrected chi connectivity index (χ0v) is 10.7. The van der Waals surface area contributed by atoms with E-state index in [0.29, 0.717) is 16.9 Å². The second-order valence-electron chi connectivity index (χ2n) is 4.34. The number of nitrogens with two attached hydrogens (primary N) is 1. The van der Waals surface area contributed by atoms with Gasteiger partial charge in [0.25, 0.3) is 5.91 Å². The molecule has 0 fully saturated rings. The molecule has 0 aliphatic rings. The van der Waals surface area contributed by atoms with Crippen LogP contribution >= 0.6 is 0 Å². The number of amides is 1. The molecule has 1 amide bonds. The number of hydrogen-bond donors (Lipinski definition) is 2. The number of aryl methyl sites for hydroxylation is 2. The van der Waals surface area contributed by atoms with Gasteiger partial charge in [0, 0.05) is 23.8 Å². The number of nitrogens with one attached hydrogen (secondary N) is 1. The van der Waals surface area contributed by atoms with E-state index in [1.807, 2.05) is 6.92 Å². The van der Waals surface area contributed by atoms with Gasteiger partial charge in [0.1, 0.15) is 5.82 Å². The number of halogens is 1. The Bertz CT molecular complexity index is 641. The lowest BCUT2D eigenvalue weighted by Crippen LogP contribution is -2.15. The molecule has 0 saturated heterocycles. The van der Waals surface area contributed by atoms with E-state index in [2.05, 4.69) is 10.3 Å². The third-order valence-electron chi connectivity index (χ3n) is 2.79. The third kappa shape index (κ3) is 2.70. The molecule has 4 nitrogen and oxygen atoms in total. The number of nitrogen functional groups attached to an aromatic ring is 1. The van der Waals surface area contributed by atoms with Gasteiger partial charge < -0.3 is 11.1 Å². The highest BCUT2D eigenvalue weighted by Gasteiger charge is 2.15. The van der Waals surface area contributed by atoms with E-state index in [1.54, 1.807) is 25.4 Å². The zero-order valence-electron chi connectivity index (χ0n) is 10.7. The van der Waals surface area contributed by atoms with E-state index in [4.69, 9.17) is 5.73 Å². The van der Waals surface area contributed by atoms with Crippen LogP contribution in [0.5, 0.6) is 0 Å². The number of carbonyl (C=O) groups is 1. The number of rotatable bonds is 2. The minimum atomic E-state index is -0.557. The van der Waals surface area contributed by atoms with Crippen molar-refractivity contribution in [3.8, 4) is 0 Å². The minimum absolute atomic E-state index is 0.0614. The number of aromatic nitrogens is 1. The van der Waals surface area contributed by atoms with E-state index in [-0.39, 0.29) is 5.56 Å². The molecule has 0 saturated carbocycles. The molecule has 2 rings (SSSR count). The molecule has 0 radical (unpaired) electrons. The van der Waals surface area contributed by atoms with Crippen molar-refractivity contribution in [2.45, 2.75) is 13.8 Å². The van der Waals surface area contributed by atoms with E-state index in [0.717, 1.165) is 5.56 Å². The Morgan fingerprint density at radius 1 is 1.32 bits per heavy atom. The van der Waals surface area contributed by atoms with Crippen LogP contribution in [-0.2, 0) is 0 Å². The maximum Gasteiger partial charge on any atom is 0.258 e. The quantitative estimate of drug-likeness (QED) is 0.815. The van der Waals surface area contributed by atoms with Gasteiger partial charge in [-0.3, -0.25) is 9.78 Å². The van der Waals surface area contributed by atoms with E-state index in [1.165, 1.54) is 12.1 Å². The average molecular weight is 259 g/mol. The Hall–Kier alpha value is -2.43. The summed E-state index contributed by atoms with van der Waals surface area (Å²) in [4.78, 5) is 16.0. The predicted octanol–water partition coefficient (Wildman–Crippen LogP) is 2.67. The summed E-state index contributed by atoms with van der Waals surface area (Å²) in [5.74, 6) is -1.08. The van der Waals surface area contributed by atoms with Crippen LogP contribution in [0.15, 0.2) is 30.6 Å². The molecule has 0 aliphatic carbocycles. The van der Waals surface area contributed by atoms with Gasteiger partial charge >= 0.3 is 0 Å². The monoisotopic (exact) mass is 259 g/mol. The summed E-state index contributed by atoms with van der Waals surface area (Å²) in [5, 5.41) is 2.65. The fourth-order valence-electron chi connectivity index (χ4n) is 1.77. The van der Waals surface area contributed by atoms with Gasteiger partial charge in [-0.1, -0.05) is 0 Å². The van der Waals surface area contributed by atoms with Crippen LogP contribution in [0.3, 0.4) is 0 Å². The molecular formula is C14H14FN3O. The molecule has 0 bridgehead atoms. The van der Waals surface area contributed by atoms with Gasteiger partial charge in [0.15, 0.2) is 0 Å². The van der Waals surface area contributed by atoms with Crippen molar-refractivity contribution in [1.82, 2.24) is 4.98 Å². The Morgan fingerprint density at radius 3 is 2.74 bits per heavy atom. The van der Waals surface area contributed by atoms with Crippen LogP contribution in [0.25, 0.3) is 0 Å². The zero-order chi connectivity index (χ0) is 14.0. The van der Waals surface area contributed by atoms with E-state index < -0.39 is 11.7 Å². The summed E-state index contributed by atoms with van der Waals surface area (Å²) in [6.07, 6.45) is 3.18. The number of anilines is 2. The first-order chi connectivity index (χ1) is 8.99. The standard InChI is InChI=1S/C14H14FN3O/c1-8-5-10(16)6-11(13(8)15)14(19)18-12-3-4-17-7-9(12)2/h3-7H,16H2,1-2H3,(H,17,18,19). The molecule has 0 atom stereocenters. The van der Waals surface area contributed by atoms with Crippen molar-refractivity contribution in [2.24, 2.45) is 0 Å². The van der Waals surface area contributed by atoms with Crippen molar-refractivity contribution in [1.29, 1.82) is 0 Å². The normalized spacial score (nSPS) is 10.3. The summed E-state index contributed by atoms with van der Waals surface area (Å²) in [7, 11) is 0. The molecule has 5 heteroatoms. The van der Waals surface area contributed by atoms with Crippen LogP contribution in [-0.4, -0.2) is 10.9 Å². The van der Waals surface area contributed by atoms with Crippen LogP contribution in [0.1, 0.15) is 21.5 Å². The molecule has 0 unspecified atom stereocenters. The van der Waals surface area contributed by atoms with Gasteiger partial charge in [-0.25, -0.2) is 4.39 Å². The Kier molecular flexibility index (Phi) is 3.46. The summed E-state index contributed by atoms with van der Waals surface area (Å²) in [5.41, 5.74) is 7.67. The lowest BCUT2D eigenvalue weighted by Gasteiger charge is -2.10. The second kappa shape index (κ2) is 5.06. The fourth-order valence-corrected chi connectivity index (χ4v) is 1.77. The first-order valence-electron chi connectivity index (χ1n) is 5.76. The first-order valence-corrected chi connectivity index (χ1v) is 5.76. The Balaban J connectivity index is 2.33. The van der Waals surface area contributed by atoms with Gasteiger partial charge in [-0.05, 0) is 43.2 Å². The van der Waals surface area contributed by atoms with Crippen molar-refractivity contribution >= 4 is 17.3 Å². The summed E-state index contributed by atoms with van der Waals surface area (Å²) in [6.45, 7) is 3.38. The van der Waals surface area contributed by atoms with E-state index >= 15 is 0 Å². The molecule has 1 aromatic heterocycles. The van der Waals surface area contributed by atoms with Crippen LogP contribution in [0.4, 0.5) is 15.8 Å². The highest BCUT2D eigenvalue weighted by Crippen LogP contribution is 2.19. The summed E-state index contributed by atoms with van der Waals surface area (Å²) >= 11 is 0. The molecule has 1 aromatic carbocycles. The van der Waals surface area contributed by atoms with Crippen LogP contribution < -0.4 is 11.1 Å². The SMILES string of the molecule is Cc1cnccc1NC(=O)c1cc(N)cc(C)c1F. The van der Waals surface area contributed by atoms with Crippen molar-refractivity contribution in [2.75, 3.05) is 11.1 Å². The molecule has 2 aromatic rings. The molecule has 0 aliphatic heterocycles. The lowest BCUT2D eigenvalue weighted by atomic mass is 10.1. The summed E-state index contributed by atoms with van der Waals surface area (Å²) < 4.78 is 13.9. The number of nitrogens with zero attached hydrogens (tertiary/aromatic N) is 1. The highest BCUT2D eigenvalue weighted by molar-refractivity contribution is 6.05. The second-order valence-corrected chi connectivity index (χ2v) is 4.34. The Morgan fingerprint density at radius 2 is 2.05 bits per heavy atom. The van der Waals surface area contributed by atoms with Crippen LogP contribution in [0.2, 0.25) is 0 Å². The largest absolute Gasteiger partial charge is 0.399 e. The maximum absolute atomic E-state index is 13.9. The van der Waals surface area contributed by atoms with Crippen LogP contribution in [0, 0.1) is 19.7 Å². The molecule has 3 N–H and O–H groups in total. The summed E-state index contributed by atoms with van der Waals surface area (Å²) in [6, 6.07) is 4.47. The average Bonchev–Trinajstić information content (AvgIpc) is 2.36. The number of hydrogen-bond acceptors (Lipinski definition) is 3. The number of pyridine rings is 1. The van der Waals surface area contributed by atoms with Gasteiger partial charge in [-0.15, -0.1) is 0 Å². The highest BCUT2D eigenvalue weighted by atomic mass is 19.1. The van der Waals surface area contributed by atoms with E-state index in [9.17, 15) is 9.18 Å². The lowest BCUT2D eigenvalue weighted by molar-refractivity contribution is 0.102.